The summed E-state index contributed by atoms with van der Waals surface area (Å²) in [5.74, 6) is -0.112. The normalized spacial score (nSPS) is 14.3. The summed E-state index contributed by atoms with van der Waals surface area (Å²) in [5, 5.41) is 31.4. The number of ether oxygens (including phenoxy) is 2. The highest BCUT2D eigenvalue weighted by Gasteiger charge is 2.34. The van der Waals surface area contributed by atoms with Crippen molar-refractivity contribution < 1.29 is 33.6 Å². The van der Waals surface area contributed by atoms with E-state index in [4.69, 9.17) is 9.47 Å². The molecule has 6 aromatic rings. The Morgan fingerprint density at radius 1 is 0.608 bits per heavy atom. The van der Waals surface area contributed by atoms with Crippen molar-refractivity contribution in [1.82, 2.24) is 9.80 Å². The predicted molar refractivity (Wildman–Crippen MR) is 288 cm³/mol. The lowest BCUT2D eigenvalue weighted by molar-refractivity contribution is -0.384. The summed E-state index contributed by atoms with van der Waals surface area (Å²) in [7, 11) is 1.63. The van der Waals surface area contributed by atoms with E-state index in [1.165, 1.54) is 19.1 Å². The lowest BCUT2D eigenvalue weighted by Gasteiger charge is -2.43. The number of benzene rings is 6. The van der Waals surface area contributed by atoms with Crippen molar-refractivity contribution in [1.29, 1.82) is 0 Å². The van der Waals surface area contributed by atoms with Crippen LogP contribution in [0.3, 0.4) is 0 Å². The Labute approximate surface area is 430 Å². The van der Waals surface area contributed by atoms with Crippen LogP contribution in [0.4, 0.5) is 59.9 Å². The number of anilines is 5. The Bertz CT molecular complexity index is 2950. The molecule has 2 unspecified atom stereocenters. The number of nitrogens with one attached hydrogen (secondary N) is 4. The molecular weight excluding hydrogens is 941 g/mol. The summed E-state index contributed by atoms with van der Waals surface area (Å²) in [6.45, 7) is 11.3. The van der Waals surface area contributed by atoms with Gasteiger partial charge >= 0.3 is 18.2 Å². The van der Waals surface area contributed by atoms with Gasteiger partial charge in [-0.25, -0.2) is 14.4 Å². The molecule has 0 aromatic heterocycles. The average molecular weight is 1000 g/mol. The van der Waals surface area contributed by atoms with E-state index in [9.17, 15) is 29.3 Å². The molecule has 0 radical (unpaired) electrons. The van der Waals surface area contributed by atoms with Gasteiger partial charge in [0.25, 0.3) is 5.69 Å². The molecule has 0 aliphatic carbocycles. The van der Waals surface area contributed by atoms with E-state index < -0.39 is 11.0 Å². The molecular formula is C56H62N10O8. The fraction of sp³-hybridized carbons (Fsp3) is 0.286. The molecule has 1 fully saturated rings. The van der Waals surface area contributed by atoms with Gasteiger partial charge in [0.2, 0.25) is 5.91 Å². The van der Waals surface area contributed by atoms with E-state index >= 15 is 0 Å². The van der Waals surface area contributed by atoms with Crippen molar-refractivity contribution in [3.8, 4) is 0 Å². The van der Waals surface area contributed by atoms with Gasteiger partial charge in [0.05, 0.1) is 29.4 Å². The molecule has 18 heteroatoms. The summed E-state index contributed by atoms with van der Waals surface area (Å²) < 4.78 is 10.9. The summed E-state index contributed by atoms with van der Waals surface area (Å²) in [6.07, 6.45) is 0.770. The molecule has 0 spiro atoms. The number of rotatable bonds is 18. The molecule has 4 N–H and O–H groups in total. The van der Waals surface area contributed by atoms with Gasteiger partial charge in [0.1, 0.15) is 6.61 Å². The lowest BCUT2D eigenvalue weighted by atomic mass is 10.0. The van der Waals surface area contributed by atoms with Crippen LogP contribution >= 0.6 is 0 Å². The number of urea groups is 2. The number of methoxy groups -OCH3 is 1. The standard InChI is InChI=1S/C56H62N10O8/c1-37-31-50(23-25-52(37)61-62-53-26-24-51(66(71)72)32-38(53)2)63(27-29-73-6)28-30-74-56(70)60-49-21-13-45(14-22-49)34-44-11-19-48(20-12-44)59-55(69)65-36-39(3)64(35-40(65)4)54(68)58-47-17-9-43(10-18-47)33-42-7-15-46(16-8-42)57-41(5)67/h7-26,31-32,39-40H,27-30,33-36H2,1-6H3,(H,57,67)(H,58,68)(H,59,69)(H,60,70). The van der Waals surface area contributed by atoms with Crippen LogP contribution in [0.25, 0.3) is 0 Å². The summed E-state index contributed by atoms with van der Waals surface area (Å²) in [4.78, 5) is 67.3. The van der Waals surface area contributed by atoms with Gasteiger partial charge in [-0.2, -0.15) is 10.2 Å². The van der Waals surface area contributed by atoms with Crippen molar-refractivity contribution in [2.24, 2.45) is 10.2 Å². The third kappa shape index (κ3) is 15.0. The molecule has 1 aliphatic rings. The zero-order chi connectivity index (χ0) is 52.7. The number of amides is 6. The summed E-state index contributed by atoms with van der Waals surface area (Å²) in [5.41, 5.74) is 10.5. The first kappa shape index (κ1) is 53.2. The summed E-state index contributed by atoms with van der Waals surface area (Å²) in [6, 6.07) is 39.9. The Kier molecular flexibility index (Phi) is 18.1. The number of nitro groups is 1. The van der Waals surface area contributed by atoms with Crippen molar-refractivity contribution in [3.63, 3.8) is 0 Å². The molecule has 6 amide bonds. The third-order valence-electron chi connectivity index (χ3n) is 12.6. The minimum absolute atomic E-state index is 0.00205. The average Bonchev–Trinajstić information content (AvgIpc) is 3.37. The zero-order valence-corrected chi connectivity index (χ0v) is 42.5. The van der Waals surface area contributed by atoms with Crippen molar-refractivity contribution in [2.75, 3.05) is 72.7 Å². The van der Waals surface area contributed by atoms with E-state index in [0.29, 0.717) is 79.6 Å². The number of nitro benzene ring substituents is 1. The molecule has 1 heterocycles. The molecule has 0 bridgehead atoms. The first-order valence-corrected chi connectivity index (χ1v) is 24.3. The number of piperazine rings is 1. The fourth-order valence-electron chi connectivity index (χ4n) is 8.48. The zero-order valence-electron chi connectivity index (χ0n) is 42.5. The first-order chi connectivity index (χ1) is 35.6. The number of carbonyl (C=O) groups excluding carboxylic acids is 4. The maximum atomic E-state index is 13.5. The largest absolute Gasteiger partial charge is 0.447 e. The van der Waals surface area contributed by atoms with Gasteiger partial charge in [-0.1, -0.05) is 48.5 Å². The van der Waals surface area contributed by atoms with E-state index in [-0.39, 0.29) is 42.3 Å². The van der Waals surface area contributed by atoms with Gasteiger partial charge in [-0.15, -0.1) is 0 Å². The second-order valence-electron chi connectivity index (χ2n) is 18.3. The number of azo groups is 1. The van der Waals surface area contributed by atoms with Gasteiger partial charge in [-0.05, 0) is 147 Å². The number of hydrogen-bond acceptors (Lipinski definition) is 11. The van der Waals surface area contributed by atoms with Crippen LogP contribution < -0.4 is 26.2 Å². The molecule has 384 valence electrons. The molecule has 1 saturated heterocycles. The molecule has 18 nitrogen and oxygen atoms in total. The lowest BCUT2D eigenvalue weighted by Crippen LogP contribution is -2.61. The number of carbonyl (C=O) groups is 4. The number of aryl methyl sites for hydroxylation is 2. The Morgan fingerprint density at radius 2 is 1.03 bits per heavy atom. The number of non-ortho nitro benzene ring substituents is 1. The Balaban J connectivity index is 0.825. The molecule has 7 rings (SSSR count). The maximum absolute atomic E-state index is 13.5. The van der Waals surface area contributed by atoms with Gasteiger partial charge < -0.3 is 40.1 Å². The number of hydrogen-bond donors (Lipinski definition) is 4. The monoisotopic (exact) mass is 1000 g/mol. The molecule has 2 atom stereocenters. The topological polar surface area (TPSA) is 212 Å². The fourth-order valence-corrected chi connectivity index (χ4v) is 8.48. The van der Waals surface area contributed by atoms with Crippen LogP contribution in [0.15, 0.2) is 144 Å². The van der Waals surface area contributed by atoms with E-state index in [1.807, 2.05) is 136 Å². The van der Waals surface area contributed by atoms with Crippen LogP contribution in [0, 0.1) is 24.0 Å². The van der Waals surface area contributed by atoms with Crippen LogP contribution in [-0.2, 0) is 27.1 Å². The van der Waals surface area contributed by atoms with E-state index in [0.717, 1.165) is 39.2 Å². The highest BCUT2D eigenvalue weighted by molar-refractivity contribution is 5.92. The Morgan fingerprint density at radius 3 is 1.45 bits per heavy atom. The molecule has 0 saturated carbocycles. The van der Waals surface area contributed by atoms with Gasteiger partial charge in [0.15, 0.2) is 0 Å². The molecule has 1 aliphatic heterocycles. The molecule has 6 aromatic carbocycles. The third-order valence-corrected chi connectivity index (χ3v) is 12.6. The maximum Gasteiger partial charge on any atom is 0.411 e. The Hall–Kier alpha value is -8.64. The smallest absolute Gasteiger partial charge is 0.411 e. The van der Waals surface area contributed by atoms with Crippen molar-refractivity contribution >= 4 is 69.6 Å². The second-order valence-corrected chi connectivity index (χ2v) is 18.3. The van der Waals surface area contributed by atoms with Crippen molar-refractivity contribution in [3.05, 3.63) is 177 Å². The molecule has 74 heavy (non-hydrogen) atoms. The van der Waals surface area contributed by atoms with Crippen LogP contribution in [-0.4, -0.2) is 97.4 Å². The first-order valence-electron chi connectivity index (χ1n) is 24.3. The van der Waals surface area contributed by atoms with E-state index in [2.05, 4.69) is 36.4 Å². The van der Waals surface area contributed by atoms with Crippen LogP contribution in [0.1, 0.15) is 54.2 Å². The SMILES string of the molecule is COCCN(CCOC(=O)Nc1ccc(Cc2ccc(NC(=O)N3CC(C)N(C(=O)Nc4ccc(Cc5ccc(NC(C)=O)cc5)cc4)CC3C)cc2)cc1)c1ccc(N=Nc2ccc([N+](=O)[O-])cc2C)c(C)c1. The highest BCUT2D eigenvalue weighted by Crippen LogP contribution is 2.30. The van der Waals surface area contributed by atoms with Crippen molar-refractivity contribution in [2.45, 2.75) is 59.5 Å². The number of nitrogens with zero attached hydrogens (tertiary/aromatic N) is 6. The quantitative estimate of drug-likeness (QED) is 0.0366. The van der Waals surface area contributed by atoms with E-state index in [1.54, 1.807) is 29.9 Å². The van der Waals surface area contributed by atoms with Crippen LogP contribution in [0.5, 0.6) is 0 Å². The summed E-state index contributed by atoms with van der Waals surface area (Å²) >= 11 is 0. The van der Waals surface area contributed by atoms with Crippen LogP contribution in [0.2, 0.25) is 0 Å². The predicted octanol–water partition coefficient (Wildman–Crippen LogP) is 11.6. The minimum Gasteiger partial charge on any atom is -0.447 e. The second kappa shape index (κ2) is 25.1. The highest BCUT2D eigenvalue weighted by atomic mass is 16.6. The minimum atomic E-state index is -0.577. The van der Waals surface area contributed by atoms with Gasteiger partial charge in [-0.3, -0.25) is 20.2 Å². The van der Waals surface area contributed by atoms with Gasteiger partial charge in [0, 0.05) is 86.3 Å².